The normalized spacial score (nSPS) is 13.3. The van der Waals surface area contributed by atoms with Gasteiger partial charge in [-0.05, 0) is 79.7 Å². The summed E-state index contributed by atoms with van der Waals surface area (Å²) in [6.07, 6.45) is -8.29. The molecule has 16 heteroatoms. The van der Waals surface area contributed by atoms with Crippen molar-refractivity contribution in [2.75, 3.05) is 13.2 Å². The smallest absolute Gasteiger partial charge is 0.338 e. The maximum absolute atomic E-state index is 14.1. The maximum Gasteiger partial charge on any atom is 0.338 e. The van der Waals surface area contributed by atoms with Crippen LogP contribution >= 0.6 is 0 Å². The van der Waals surface area contributed by atoms with Gasteiger partial charge in [0.15, 0.2) is 24.4 Å². The standard InChI is InChI=1S/C47H40O14S2/c1-33-27-29-39(30-28-33)63(54,55)57-32-41(59-45(49)35-19-9-3-10-20-35)43(61-47(51)37-23-13-5-14-24-37)42(60-46(50)36-21-11-4-12-22-36)40(58-44(48)34-17-7-2-8-18-34)31-56-62(52,53)38-25-15-6-16-26-38/h2-30,40-43H,31-32H2,1H3/t40-,41+,42+,43+/m1/s1. The molecule has 0 unspecified atom stereocenters. The predicted octanol–water partition coefficient (Wildman–Crippen LogP) is 7.01. The third kappa shape index (κ3) is 12.5. The Labute approximate surface area is 364 Å². The Morgan fingerprint density at radius 3 is 0.968 bits per heavy atom. The highest BCUT2D eigenvalue weighted by molar-refractivity contribution is 7.87. The largest absolute Gasteiger partial charge is 0.452 e. The molecule has 63 heavy (non-hydrogen) atoms. The number of esters is 4. The highest BCUT2D eigenvalue weighted by Crippen LogP contribution is 2.26. The third-order valence-corrected chi connectivity index (χ3v) is 11.8. The quantitative estimate of drug-likeness (QED) is 0.0458. The Kier molecular flexibility index (Phi) is 15.3. The molecular formula is C47H40O14S2. The molecule has 0 N–H and O–H groups in total. The number of ether oxygens (including phenoxy) is 4. The fraction of sp³-hybridized carbons (Fsp3) is 0.149. The number of aryl methyl sites for hydroxylation is 1. The molecule has 0 spiro atoms. The van der Waals surface area contributed by atoms with Gasteiger partial charge in [-0.1, -0.05) is 109 Å². The Hall–Kier alpha value is -6.98. The highest BCUT2D eigenvalue weighted by Gasteiger charge is 2.46. The van der Waals surface area contributed by atoms with Crippen molar-refractivity contribution < 1.29 is 63.3 Å². The number of benzene rings is 6. The van der Waals surface area contributed by atoms with Crippen molar-refractivity contribution in [3.8, 4) is 0 Å². The SMILES string of the molecule is Cc1ccc(S(=O)(=O)OC[C@H](OC(=O)c2ccccc2)[C@H](OC(=O)c2ccccc2)[C@@H](OC(=O)c2ccccc2)[C@@H](COS(=O)(=O)c2ccccc2)OC(=O)c2ccccc2)cc1. The zero-order chi connectivity index (χ0) is 44.8. The molecule has 0 fully saturated rings. The Morgan fingerprint density at radius 2 is 0.651 bits per heavy atom. The van der Waals surface area contributed by atoms with Crippen LogP contribution in [0.15, 0.2) is 186 Å². The lowest BCUT2D eigenvalue weighted by atomic mass is 10.0. The first-order valence-corrected chi connectivity index (χ1v) is 22.1. The van der Waals surface area contributed by atoms with E-state index in [2.05, 4.69) is 0 Å². The lowest BCUT2D eigenvalue weighted by Gasteiger charge is -2.35. The molecule has 14 nitrogen and oxygen atoms in total. The first kappa shape index (κ1) is 45.5. The molecule has 6 aromatic rings. The number of hydrogen-bond donors (Lipinski definition) is 0. The summed E-state index contributed by atoms with van der Waals surface area (Å²) in [6, 6.07) is 42.5. The van der Waals surface area contributed by atoms with E-state index in [0.717, 1.165) is 5.56 Å². The molecule has 0 saturated heterocycles. The van der Waals surface area contributed by atoms with Crippen LogP contribution in [0.2, 0.25) is 0 Å². The number of rotatable bonds is 19. The summed E-state index contributed by atoms with van der Waals surface area (Å²) in [4.78, 5) is 55.4. The van der Waals surface area contributed by atoms with Crippen molar-refractivity contribution in [1.29, 1.82) is 0 Å². The van der Waals surface area contributed by atoms with Crippen LogP contribution in [0, 0.1) is 6.92 Å². The van der Waals surface area contributed by atoms with E-state index in [1.165, 1.54) is 146 Å². The van der Waals surface area contributed by atoms with Gasteiger partial charge in [0.1, 0.15) is 13.2 Å². The zero-order valence-electron chi connectivity index (χ0n) is 33.5. The third-order valence-electron chi connectivity index (χ3n) is 9.21. The first-order chi connectivity index (χ1) is 30.3. The molecule has 0 bridgehead atoms. The summed E-state index contributed by atoms with van der Waals surface area (Å²) in [5, 5.41) is 0. The molecule has 0 aliphatic heterocycles. The van der Waals surface area contributed by atoms with E-state index in [-0.39, 0.29) is 32.0 Å². The van der Waals surface area contributed by atoms with Crippen LogP contribution < -0.4 is 0 Å². The Balaban J connectivity index is 1.52. The van der Waals surface area contributed by atoms with E-state index in [1.54, 1.807) is 37.3 Å². The summed E-state index contributed by atoms with van der Waals surface area (Å²) >= 11 is 0. The van der Waals surface area contributed by atoms with Gasteiger partial charge in [0.05, 0.1) is 32.0 Å². The van der Waals surface area contributed by atoms with E-state index in [1.807, 2.05) is 0 Å². The molecule has 0 amide bonds. The van der Waals surface area contributed by atoms with Crippen LogP contribution in [-0.2, 0) is 47.5 Å². The monoisotopic (exact) mass is 892 g/mol. The molecule has 0 heterocycles. The number of carbonyl (C=O) groups is 4. The van der Waals surface area contributed by atoms with Gasteiger partial charge in [-0.2, -0.15) is 16.8 Å². The van der Waals surface area contributed by atoms with Gasteiger partial charge in [-0.25, -0.2) is 19.2 Å². The Morgan fingerprint density at radius 1 is 0.381 bits per heavy atom. The van der Waals surface area contributed by atoms with E-state index in [4.69, 9.17) is 27.3 Å². The summed E-state index contributed by atoms with van der Waals surface area (Å²) < 4.78 is 89.4. The first-order valence-electron chi connectivity index (χ1n) is 19.3. The van der Waals surface area contributed by atoms with Crippen LogP contribution in [0.5, 0.6) is 0 Å². The molecule has 0 aliphatic carbocycles. The van der Waals surface area contributed by atoms with E-state index >= 15 is 0 Å². The van der Waals surface area contributed by atoms with Crippen molar-refractivity contribution in [3.63, 3.8) is 0 Å². The lowest BCUT2D eigenvalue weighted by Crippen LogP contribution is -2.54. The van der Waals surface area contributed by atoms with Crippen molar-refractivity contribution in [2.45, 2.75) is 41.1 Å². The minimum atomic E-state index is -4.64. The summed E-state index contributed by atoms with van der Waals surface area (Å²) in [6.45, 7) is -0.415. The maximum atomic E-state index is 14.1. The molecule has 4 atom stereocenters. The van der Waals surface area contributed by atoms with Gasteiger partial charge in [0, 0.05) is 0 Å². The van der Waals surface area contributed by atoms with Crippen LogP contribution in [-0.4, -0.2) is 78.3 Å². The molecule has 0 aliphatic rings. The van der Waals surface area contributed by atoms with E-state index in [9.17, 15) is 36.0 Å². The highest BCUT2D eigenvalue weighted by atomic mass is 32.2. The number of carbonyl (C=O) groups excluding carboxylic acids is 4. The average molecular weight is 893 g/mol. The molecule has 0 radical (unpaired) electrons. The second kappa shape index (κ2) is 21.2. The van der Waals surface area contributed by atoms with Crippen molar-refractivity contribution >= 4 is 44.1 Å². The topological polar surface area (TPSA) is 192 Å². The molecular weight excluding hydrogens is 853 g/mol. The van der Waals surface area contributed by atoms with Crippen molar-refractivity contribution in [3.05, 3.63) is 204 Å². The summed E-state index contributed by atoms with van der Waals surface area (Å²) in [5.74, 6) is -4.33. The van der Waals surface area contributed by atoms with Crippen molar-refractivity contribution in [1.82, 2.24) is 0 Å². The van der Waals surface area contributed by atoms with Crippen LogP contribution in [0.3, 0.4) is 0 Å². The molecule has 6 aromatic carbocycles. The van der Waals surface area contributed by atoms with Gasteiger partial charge < -0.3 is 18.9 Å². The molecule has 324 valence electrons. The summed E-state index contributed by atoms with van der Waals surface area (Å²) in [7, 11) is -9.27. The van der Waals surface area contributed by atoms with Crippen LogP contribution in [0.25, 0.3) is 0 Å². The van der Waals surface area contributed by atoms with Gasteiger partial charge in [0.25, 0.3) is 20.2 Å². The predicted molar refractivity (Wildman–Crippen MR) is 226 cm³/mol. The fourth-order valence-corrected chi connectivity index (χ4v) is 7.79. The lowest BCUT2D eigenvalue weighted by molar-refractivity contribution is -0.133. The average Bonchev–Trinajstić information content (AvgIpc) is 3.31. The van der Waals surface area contributed by atoms with E-state index < -0.39 is 81.7 Å². The van der Waals surface area contributed by atoms with Crippen LogP contribution in [0.4, 0.5) is 0 Å². The van der Waals surface area contributed by atoms with Gasteiger partial charge in [0.2, 0.25) is 0 Å². The minimum Gasteiger partial charge on any atom is -0.452 e. The second-order valence-electron chi connectivity index (χ2n) is 13.7. The van der Waals surface area contributed by atoms with E-state index in [0.29, 0.717) is 0 Å². The van der Waals surface area contributed by atoms with Gasteiger partial charge in [-0.3, -0.25) is 8.37 Å². The van der Waals surface area contributed by atoms with Crippen molar-refractivity contribution in [2.24, 2.45) is 0 Å². The second-order valence-corrected chi connectivity index (χ2v) is 16.9. The fourth-order valence-electron chi connectivity index (χ4n) is 5.93. The van der Waals surface area contributed by atoms with Gasteiger partial charge >= 0.3 is 23.9 Å². The molecule has 0 aromatic heterocycles. The minimum absolute atomic E-state index is 0.0285. The van der Waals surface area contributed by atoms with Crippen LogP contribution in [0.1, 0.15) is 47.0 Å². The van der Waals surface area contributed by atoms with Gasteiger partial charge in [-0.15, -0.1) is 0 Å². The number of hydrogen-bond acceptors (Lipinski definition) is 14. The molecule has 0 saturated carbocycles. The molecule has 6 rings (SSSR count). The zero-order valence-corrected chi connectivity index (χ0v) is 35.1. The Bertz CT molecular complexity index is 2680. The summed E-state index contributed by atoms with van der Waals surface area (Å²) in [5.41, 5.74) is 0.570.